The number of carbonyl (C=O) groups is 1. The molecule has 16 heteroatoms. The Bertz CT molecular complexity index is 831. The van der Waals surface area contributed by atoms with E-state index in [1.54, 1.807) is 13.8 Å². The zero-order valence-corrected chi connectivity index (χ0v) is 23.8. The van der Waals surface area contributed by atoms with E-state index in [0.29, 0.717) is 13.0 Å². The second-order valence-corrected chi connectivity index (χ2v) is 11.7. The maximum absolute atomic E-state index is 12.5. The van der Waals surface area contributed by atoms with Crippen molar-refractivity contribution in [1.82, 2.24) is 0 Å². The third kappa shape index (κ3) is 8.96. The Morgan fingerprint density at radius 2 is 1.54 bits per heavy atom. The highest BCUT2D eigenvalue weighted by Gasteiger charge is 2.58. The van der Waals surface area contributed by atoms with Gasteiger partial charge in [-0.25, -0.2) is 4.79 Å². The van der Waals surface area contributed by atoms with Gasteiger partial charge >= 0.3 is 5.97 Å². The van der Waals surface area contributed by atoms with Crippen molar-refractivity contribution in [2.45, 2.75) is 125 Å². The van der Waals surface area contributed by atoms with Crippen molar-refractivity contribution in [3.8, 4) is 0 Å². The van der Waals surface area contributed by atoms with Crippen LogP contribution in [0.15, 0.2) is 0 Å². The van der Waals surface area contributed by atoms with Gasteiger partial charge in [-0.05, 0) is 47.1 Å². The average molecular weight is 602 g/mol. The van der Waals surface area contributed by atoms with Crippen LogP contribution in [0.3, 0.4) is 0 Å². The minimum Gasteiger partial charge on any atom is -0.477 e. The molecule has 0 aromatic carbocycles. The number of ether oxygens (including phenoxy) is 5. The van der Waals surface area contributed by atoms with Gasteiger partial charge in [0.05, 0.1) is 37.1 Å². The van der Waals surface area contributed by atoms with Gasteiger partial charge in [0.25, 0.3) is 5.79 Å². The lowest BCUT2D eigenvalue weighted by Gasteiger charge is -2.49. The highest BCUT2D eigenvalue weighted by Crippen LogP contribution is 2.39. The molecule has 11 N–H and O–H groups in total. The van der Waals surface area contributed by atoms with Crippen LogP contribution in [-0.2, 0) is 28.5 Å². The molecule has 2 fully saturated rings. The highest BCUT2D eigenvalue weighted by atomic mass is 16.8. The van der Waals surface area contributed by atoms with Crippen LogP contribution in [0.1, 0.15) is 47.0 Å². The summed E-state index contributed by atoms with van der Waals surface area (Å²) in [4.78, 5) is 12.5. The molecule has 11 unspecified atom stereocenters. The van der Waals surface area contributed by atoms with E-state index in [9.17, 15) is 50.8 Å². The Balaban J connectivity index is 2.27. The van der Waals surface area contributed by atoms with E-state index in [1.807, 2.05) is 13.8 Å². The van der Waals surface area contributed by atoms with E-state index < -0.39 is 104 Å². The molecule has 242 valence electrons. The van der Waals surface area contributed by atoms with Crippen LogP contribution in [0, 0.1) is 0 Å². The topological polar surface area (TPSA) is 271 Å². The van der Waals surface area contributed by atoms with Crippen molar-refractivity contribution in [3.05, 3.63) is 0 Å². The summed E-state index contributed by atoms with van der Waals surface area (Å²) in [6, 6.07) is 0. The minimum absolute atomic E-state index is 0.165. The number of nitrogens with two attached hydrogens (primary N) is 1. The first-order valence-corrected chi connectivity index (χ1v) is 13.5. The number of hydrogen-bond acceptors (Lipinski definition) is 15. The van der Waals surface area contributed by atoms with E-state index in [-0.39, 0.29) is 13.0 Å². The minimum atomic E-state index is -2.52. The van der Waals surface area contributed by atoms with Crippen molar-refractivity contribution >= 4 is 5.97 Å². The smallest absolute Gasteiger partial charge is 0.364 e. The Kier molecular flexibility index (Phi) is 12.8. The number of aliphatic hydroxyl groups excluding tert-OH is 8. The Morgan fingerprint density at radius 3 is 2.07 bits per heavy atom. The standard InChI is InChI=1S/C25H47NO15/c1-23(2,5-7-26)37-8-6-24(3,4)41-25(22(35)36)9-12(29)19(20(40-25)14(31)11-28)39-21-17(34)15(32)16(33)18(38-21)13(30)10-27/h12-21,27-34H,5-11,26H2,1-4H3,(H,35,36). The van der Waals surface area contributed by atoms with Gasteiger partial charge in [0.2, 0.25) is 0 Å². The summed E-state index contributed by atoms with van der Waals surface area (Å²) >= 11 is 0. The van der Waals surface area contributed by atoms with E-state index >= 15 is 0 Å². The molecule has 2 saturated heterocycles. The maximum atomic E-state index is 12.5. The second-order valence-electron chi connectivity index (χ2n) is 11.7. The third-order valence-electron chi connectivity index (χ3n) is 7.25. The van der Waals surface area contributed by atoms with E-state index in [4.69, 9.17) is 29.4 Å². The molecule has 11 atom stereocenters. The number of aliphatic carboxylic acids is 1. The molecule has 2 aliphatic heterocycles. The summed E-state index contributed by atoms with van der Waals surface area (Å²) in [7, 11) is 0. The predicted molar refractivity (Wildman–Crippen MR) is 137 cm³/mol. The Labute approximate surface area is 238 Å². The molecule has 41 heavy (non-hydrogen) atoms. The molecule has 0 aromatic heterocycles. The van der Waals surface area contributed by atoms with Crippen LogP contribution in [-0.4, -0.2) is 157 Å². The molecule has 2 heterocycles. The summed E-state index contributed by atoms with van der Waals surface area (Å²) in [6.45, 7) is 5.61. The van der Waals surface area contributed by atoms with Gasteiger partial charge in [0, 0.05) is 6.42 Å². The zero-order chi connectivity index (χ0) is 31.3. The van der Waals surface area contributed by atoms with Gasteiger partial charge in [0.1, 0.15) is 48.8 Å². The molecule has 0 bridgehead atoms. The number of rotatable bonds is 15. The highest BCUT2D eigenvalue weighted by molar-refractivity contribution is 5.76. The average Bonchev–Trinajstić information content (AvgIpc) is 2.88. The van der Waals surface area contributed by atoms with Crippen LogP contribution in [0.4, 0.5) is 0 Å². The molecular weight excluding hydrogens is 554 g/mol. The summed E-state index contributed by atoms with van der Waals surface area (Å²) in [5, 5.41) is 91.3. The van der Waals surface area contributed by atoms with Crippen LogP contribution in [0.5, 0.6) is 0 Å². The van der Waals surface area contributed by atoms with Crippen LogP contribution in [0.2, 0.25) is 0 Å². The Hall–Kier alpha value is -1.09. The summed E-state index contributed by atoms with van der Waals surface area (Å²) in [6.07, 6.45) is -17.8. The first-order chi connectivity index (χ1) is 18.9. The van der Waals surface area contributed by atoms with Crippen molar-refractivity contribution in [3.63, 3.8) is 0 Å². The molecule has 0 aromatic rings. The largest absolute Gasteiger partial charge is 0.477 e. The van der Waals surface area contributed by atoms with E-state index in [2.05, 4.69) is 0 Å². The SMILES string of the molecule is CC(C)(CCN)OCCC(C)(C)OC1(C(=O)O)CC(O)C(OC2OC(C(O)CO)C(O)C(O)C2O)C(C(O)CO)O1. The molecule has 2 rings (SSSR count). The quantitative estimate of drug-likeness (QED) is 0.0860. The van der Waals surface area contributed by atoms with Crippen LogP contribution >= 0.6 is 0 Å². The van der Waals surface area contributed by atoms with Crippen molar-refractivity contribution < 1.29 is 74.4 Å². The molecular formula is C25H47NO15. The summed E-state index contributed by atoms with van der Waals surface area (Å²) in [5.74, 6) is -4.16. The lowest BCUT2D eigenvalue weighted by Crippen LogP contribution is -2.67. The number of aliphatic hydroxyl groups is 8. The molecule has 2 aliphatic rings. The van der Waals surface area contributed by atoms with Crippen molar-refractivity contribution in [2.24, 2.45) is 5.73 Å². The van der Waals surface area contributed by atoms with Crippen molar-refractivity contribution in [1.29, 1.82) is 0 Å². The monoisotopic (exact) mass is 601 g/mol. The molecule has 0 saturated carbocycles. The van der Waals surface area contributed by atoms with E-state index in [1.165, 1.54) is 0 Å². The number of carboxylic acids is 1. The number of hydrogen-bond donors (Lipinski definition) is 10. The number of carboxylic acid groups (broad SMARTS) is 1. The maximum Gasteiger partial charge on any atom is 0.364 e. The Morgan fingerprint density at radius 1 is 0.951 bits per heavy atom. The first-order valence-electron chi connectivity index (χ1n) is 13.5. The normalized spacial score (nSPS) is 36.6. The van der Waals surface area contributed by atoms with Gasteiger partial charge < -0.3 is 75.4 Å². The zero-order valence-electron chi connectivity index (χ0n) is 23.8. The summed E-state index contributed by atoms with van der Waals surface area (Å²) < 4.78 is 28.4. The molecule has 16 nitrogen and oxygen atoms in total. The lowest BCUT2D eigenvalue weighted by molar-refractivity contribution is -0.379. The molecule has 0 amide bonds. The van der Waals surface area contributed by atoms with Crippen LogP contribution < -0.4 is 5.73 Å². The van der Waals surface area contributed by atoms with Gasteiger partial charge in [-0.15, -0.1) is 0 Å². The van der Waals surface area contributed by atoms with Crippen LogP contribution in [0.25, 0.3) is 0 Å². The van der Waals surface area contributed by atoms with Gasteiger partial charge in [0.15, 0.2) is 6.29 Å². The fraction of sp³-hybridized carbons (Fsp3) is 0.960. The summed E-state index contributed by atoms with van der Waals surface area (Å²) in [5.41, 5.74) is 3.87. The van der Waals surface area contributed by atoms with Gasteiger partial charge in [-0.2, -0.15) is 0 Å². The lowest BCUT2D eigenvalue weighted by atomic mass is 9.91. The molecule has 0 radical (unpaired) electrons. The van der Waals surface area contributed by atoms with Crippen molar-refractivity contribution in [2.75, 3.05) is 26.4 Å². The molecule has 0 spiro atoms. The van der Waals surface area contributed by atoms with E-state index in [0.717, 1.165) is 0 Å². The second kappa shape index (κ2) is 14.6. The first kappa shape index (κ1) is 36.1. The fourth-order valence-electron chi connectivity index (χ4n) is 4.82. The third-order valence-corrected chi connectivity index (χ3v) is 7.25. The van der Waals surface area contributed by atoms with Gasteiger partial charge in [-0.3, -0.25) is 0 Å². The predicted octanol–water partition coefficient (Wildman–Crippen LogP) is -3.85. The fourth-order valence-corrected chi connectivity index (χ4v) is 4.82. The van der Waals surface area contributed by atoms with Gasteiger partial charge in [-0.1, -0.05) is 0 Å². The molecule has 0 aliphatic carbocycles.